The largest absolute Gasteiger partial charge is 0.482 e. The van der Waals surface area contributed by atoms with E-state index in [1.807, 2.05) is 66.7 Å². The fourth-order valence-corrected chi connectivity index (χ4v) is 2.44. The molecule has 3 aromatic carbocycles. The van der Waals surface area contributed by atoms with Gasteiger partial charge >= 0.3 is 5.69 Å². The van der Waals surface area contributed by atoms with Crippen molar-refractivity contribution < 1.29 is 9.66 Å². The van der Waals surface area contributed by atoms with Crippen LogP contribution in [0.3, 0.4) is 0 Å². The second-order valence-electron chi connectivity index (χ2n) is 5.68. The molecule has 6 heteroatoms. The number of nitrogens with one attached hydrogen (secondary N) is 2. The molecule has 132 valence electrons. The van der Waals surface area contributed by atoms with Gasteiger partial charge in [0.25, 0.3) is 0 Å². The van der Waals surface area contributed by atoms with Crippen LogP contribution in [0.4, 0.5) is 11.4 Å². The zero-order chi connectivity index (χ0) is 18.2. The highest BCUT2D eigenvalue weighted by molar-refractivity contribution is 5.49. The van der Waals surface area contributed by atoms with Crippen LogP contribution in [0.5, 0.6) is 5.75 Å². The lowest BCUT2D eigenvalue weighted by atomic mass is 10.2. The number of hydrogen-bond donors (Lipinski definition) is 2. The lowest BCUT2D eigenvalue weighted by Gasteiger charge is -2.10. The van der Waals surface area contributed by atoms with E-state index in [0.29, 0.717) is 6.54 Å². The summed E-state index contributed by atoms with van der Waals surface area (Å²) >= 11 is 0. The topological polar surface area (TPSA) is 76.4 Å². The summed E-state index contributed by atoms with van der Waals surface area (Å²) < 4.78 is 5.64. The van der Waals surface area contributed by atoms with Crippen molar-refractivity contribution in [2.24, 2.45) is 0 Å². The van der Waals surface area contributed by atoms with Crippen molar-refractivity contribution in [3.63, 3.8) is 0 Å². The second kappa shape index (κ2) is 8.64. The van der Waals surface area contributed by atoms with E-state index in [1.54, 1.807) is 6.07 Å². The minimum absolute atomic E-state index is 0.0417. The number of nitro benzene ring substituents is 1. The van der Waals surface area contributed by atoms with Crippen LogP contribution < -0.4 is 15.6 Å². The maximum Gasteiger partial charge on any atom is 0.311 e. The Morgan fingerprint density at radius 1 is 0.885 bits per heavy atom. The van der Waals surface area contributed by atoms with E-state index in [2.05, 4.69) is 10.9 Å². The summed E-state index contributed by atoms with van der Waals surface area (Å²) in [5.74, 6) is 0.263. The third kappa shape index (κ3) is 4.81. The van der Waals surface area contributed by atoms with Gasteiger partial charge in [-0.15, -0.1) is 0 Å². The number of benzene rings is 3. The smallest absolute Gasteiger partial charge is 0.311 e. The van der Waals surface area contributed by atoms with Crippen molar-refractivity contribution in [3.8, 4) is 5.75 Å². The number of hydrogen-bond acceptors (Lipinski definition) is 5. The fourth-order valence-electron chi connectivity index (χ4n) is 2.44. The van der Waals surface area contributed by atoms with Crippen LogP contribution in [-0.4, -0.2) is 4.92 Å². The number of anilines is 1. The van der Waals surface area contributed by atoms with Crippen LogP contribution in [0.1, 0.15) is 11.1 Å². The zero-order valence-electron chi connectivity index (χ0n) is 14.1. The van der Waals surface area contributed by atoms with Gasteiger partial charge in [0.15, 0.2) is 5.75 Å². The Kier molecular flexibility index (Phi) is 5.80. The van der Waals surface area contributed by atoms with E-state index in [0.717, 1.165) is 16.8 Å². The van der Waals surface area contributed by atoms with E-state index < -0.39 is 4.92 Å². The molecule has 0 spiro atoms. The summed E-state index contributed by atoms with van der Waals surface area (Å²) in [6.07, 6.45) is 0. The first-order chi connectivity index (χ1) is 12.7. The lowest BCUT2D eigenvalue weighted by molar-refractivity contribution is -0.386. The summed E-state index contributed by atoms with van der Waals surface area (Å²) in [7, 11) is 0. The van der Waals surface area contributed by atoms with E-state index in [4.69, 9.17) is 4.74 Å². The van der Waals surface area contributed by atoms with E-state index in [1.165, 1.54) is 6.07 Å². The zero-order valence-corrected chi connectivity index (χ0v) is 14.1. The van der Waals surface area contributed by atoms with Gasteiger partial charge in [-0.3, -0.25) is 10.1 Å². The Bertz CT molecular complexity index is 855. The Balaban J connectivity index is 1.63. The fraction of sp³-hybridized carbons (Fsp3) is 0.100. The SMILES string of the molecule is O=[N+]([O-])c1cc(CNNc2ccccc2)ccc1OCc1ccccc1. The highest BCUT2D eigenvalue weighted by Gasteiger charge is 2.16. The van der Waals surface area contributed by atoms with Gasteiger partial charge in [-0.2, -0.15) is 0 Å². The standard InChI is InChI=1S/C20H19N3O3/c24-23(25)19-13-17(14-21-22-18-9-5-2-6-10-18)11-12-20(19)26-15-16-7-3-1-4-8-16/h1-13,21-22H,14-15H2. The predicted molar refractivity (Wildman–Crippen MR) is 101 cm³/mol. The van der Waals surface area contributed by atoms with Crippen molar-refractivity contribution in [3.05, 3.63) is 100 Å². The van der Waals surface area contributed by atoms with Gasteiger partial charge in [0.1, 0.15) is 6.61 Å². The van der Waals surface area contributed by atoms with E-state index in [9.17, 15) is 10.1 Å². The van der Waals surface area contributed by atoms with Crippen molar-refractivity contribution in [1.82, 2.24) is 5.43 Å². The summed E-state index contributed by atoms with van der Waals surface area (Å²) in [4.78, 5) is 10.9. The monoisotopic (exact) mass is 349 g/mol. The number of nitrogens with zero attached hydrogens (tertiary/aromatic N) is 1. The van der Waals surface area contributed by atoms with Crippen LogP contribution in [0, 0.1) is 10.1 Å². The summed E-state index contributed by atoms with van der Waals surface area (Å²) in [6, 6.07) is 24.2. The summed E-state index contributed by atoms with van der Waals surface area (Å²) in [5.41, 5.74) is 8.72. The summed E-state index contributed by atoms with van der Waals surface area (Å²) in [6.45, 7) is 0.726. The van der Waals surface area contributed by atoms with Gasteiger partial charge in [-0.05, 0) is 29.3 Å². The first-order valence-corrected chi connectivity index (χ1v) is 8.20. The maximum atomic E-state index is 11.4. The van der Waals surface area contributed by atoms with Gasteiger partial charge < -0.3 is 10.2 Å². The molecule has 0 fully saturated rings. The summed E-state index contributed by atoms with van der Waals surface area (Å²) in [5, 5.41) is 11.4. The molecule has 2 N–H and O–H groups in total. The molecule has 0 unspecified atom stereocenters. The molecule has 0 saturated heterocycles. The molecular weight excluding hydrogens is 330 g/mol. The lowest BCUT2D eigenvalue weighted by Crippen LogP contribution is -2.20. The Labute approximate surface area is 151 Å². The minimum Gasteiger partial charge on any atom is -0.482 e. The van der Waals surface area contributed by atoms with Crippen molar-refractivity contribution in [2.45, 2.75) is 13.2 Å². The number of hydrazine groups is 1. The van der Waals surface area contributed by atoms with Gasteiger partial charge in [-0.1, -0.05) is 54.6 Å². The van der Waals surface area contributed by atoms with Crippen LogP contribution in [-0.2, 0) is 13.2 Å². The molecule has 0 aliphatic heterocycles. The molecule has 0 aliphatic rings. The molecular formula is C20H19N3O3. The number of nitro groups is 1. The van der Waals surface area contributed by atoms with Crippen LogP contribution in [0.15, 0.2) is 78.9 Å². The molecule has 0 heterocycles. The highest BCUT2D eigenvalue weighted by atomic mass is 16.6. The third-order valence-electron chi connectivity index (χ3n) is 3.76. The number of rotatable bonds is 8. The number of para-hydroxylation sites is 1. The molecule has 0 aliphatic carbocycles. The molecule has 26 heavy (non-hydrogen) atoms. The van der Waals surface area contributed by atoms with Crippen LogP contribution in [0.2, 0.25) is 0 Å². The average Bonchev–Trinajstić information content (AvgIpc) is 2.68. The predicted octanol–water partition coefficient (Wildman–Crippen LogP) is 4.29. The van der Waals surface area contributed by atoms with Gasteiger partial charge in [0.2, 0.25) is 0 Å². The van der Waals surface area contributed by atoms with Crippen molar-refractivity contribution in [2.75, 3.05) is 5.43 Å². The van der Waals surface area contributed by atoms with Crippen LogP contribution >= 0.6 is 0 Å². The molecule has 0 atom stereocenters. The Morgan fingerprint density at radius 2 is 1.58 bits per heavy atom. The van der Waals surface area contributed by atoms with Crippen molar-refractivity contribution >= 4 is 11.4 Å². The maximum absolute atomic E-state index is 11.4. The molecule has 3 rings (SSSR count). The van der Waals surface area contributed by atoms with Crippen molar-refractivity contribution in [1.29, 1.82) is 0 Å². The molecule has 0 amide bonds. The molecule has 0 bridgehead atoms. The molecule has 6 nitrogen and oxygen atoms in total. The molecule has 0 radical (unpaired) electrons. The van der Waals surface area contributed by atoms with Gasteiger partial charge in [0.05, 0.1) is 4.92 Å². The van der Waals surface area contributed by atoms with E-state index in [-0.39, 0.29) is 18.0 Å². The first kappa shape index (κ1) is 17.4. The molecule has 0 aromatic heterocycles. The molecule has 0 saturated carbocycles. The normalized spacial score (nSPS) is 10.3. The second-order valence-corrected chi connectivity index (χ2v) is 5.68. The van der Waals surface area contributed by atoms with Gasteiger partial charge in [-0.25, -0.2) is 5.43 Å². The quantitative estimate of drug-likeness (QED) is 0.469. The third-order valence-corrected chi connectivity index (χ3v) is 3.76. The van der Waals surface area contributed by atoms with E-state index >= 15 is 0 Å². The first-order valence-electron chi connectivity index (χ1n) is 8.20. The Morgan fingerprint density at radius 3 is 2.27 bits per heavy atom. The van der Waals surface area contributed by atoms with Gasteiger partial charge in [0, 0.05) is 18.3 Å². The highest BCUT2D eigenvalue weighted by Crippen LogP contribution is 2.28. The molecule has 3 aromatic rings. The Hall–Kier alpha value is -3.38. The van der Waals surface area contributed by atoms with Crippen LogP contribution in [0.25, 0.3) is 0 Å². The number of ether oxygens (including phenoxy) is 1. The average molecular weight is 349 g/mol. The minimum atomic E-state index is -0.422.